The highest BCUT2D eigenvalue weighted by Gasteiger charge is 2.31. The molecule has 0 unspecified atom stereocenters. The van der Waals surface area contributed by atoms with Crippen LogP contribution in [0.5, 0.6) is 5.75 Å². The summed E-state index contributed by atoms with van der Waals surface area (Å²) in [7, 11) is -3.96. The molecule has 9 heteroatoms. The number of para-hydroxylation sites is 1. The van der Waals surface area contributed by atoms with Crippen LogP contribution in [0.3, 0.4) is 0 Å². The summed E-state index contributed by atoms with van der Waals surface area (Å²) >= 11 is 0. The molecule has 130 valence electrons. The van der Waals surface area contributed by atoms with Crippen LogP contribution in [0.4, 0.5) is 18.9 Å². The number of sulfonamides is 1. The van der Waals surface area contributed by atoms with Gasteiger partial charge < -0.3 is 4.74 Å². The van der Waals surface area contributed by atoms with Crippen molar-refractivity contribution >= 4 is 26.6 Å². The van der Waals surface area contributed by atoms with E-state index < -0.39 is 22.1 Å². The molecule has 0 amide bonds. The largest absolute Gasteiger partial charge is 0.573 e. The number of ether oxygens (including phenoxy) is 1. The zero-order valence-corrected chi connectivity index (χ0v) is 13.3. The molecular formula is C16H11F3N2O3S. The zero-order valence-electron chi connectivity index (χ0n) is 12.5. The van der Waals surface area contributed by atoms with E-state index in [1.807, 2.05) is 0 Å². The first-order valence-electron chi connectivity index (χ1n) is 6.97. The highest BCUT2D eigenvalue weighted by atomic mass is 32.2. The van der Waals surface area contributed by atoms with Crippen molar-refractivity contribution in [3.63, 3.8) is 0 Å². The number of halogens is 3. The molecule has 0 saturated heterocycles. The van der Waals surface area contributed by atoms with Gasteiger partial charge in [0.1, 0.15) is 10.6 Å². The van der Waals surface area contributed by atoms with Crippen LogP contribution in [0, 0.1) is 0 Å². The number of anilines is 1. The normalized spacial score (nSPS) is 12.1. The van der Waals surface area contributed by atoms with Crippen LogP contribution in [0.1, 0.15) is 0 Å². The van der Waals surface area contributed by atoms with Gasteiger partial charge in [-0.05, 0) is 36.4 Å². The van der Waals surface area contributed by atoms with Crippen molar-refractivity contribution in [2.75, 3.05) is 4.72 Å². The number of pyridine rings is 1. The third-order valence-corrected chi connectivity index (χ3v) is 4.64. The van der Waals surface area contributed by atoms with Gasteiger partial charge in [0, 0.05) is 17.3 Å². The van der Waals surface area contributed by atoms with E-state index in [2.05, 4.69) is 14.4 Å². The quantitative estimate of drug-likeness (QED) is 0.758. The minimum Gasteiger partial charge on any atom is -0.406 e. The number of rotatable bonds is 4. The van der Waals surface area contributed by atoms with Gasteiger partial charge in [0.05, 0.1) is 5.52 Å². The predicted molar refractivity (Wildman–Crippen MR) is 85.7 cm³/mol. The first-order valence-corrected chi connectivity index (χ1v) is 8.45. The fraction of sp³-hybridized carbons (Fsp3) is 0.0625. The molecule has 1 heterocycles. The van der Waals surface area contributed by atoms with Crippen LogP contribution in [0.15, 0.2) is 65.7 Å². The minimum atomic E-state index is -4.81. The van der Waals surface area contributed by atoms with E-state index in [-0.39, 0.29) is 10.6 Å². The first kappa shape index (κ1) is 17.0. The molecule has 0 radical (unpaired) electrons. The van der Waals surface area contributed by atoms with E-state index in [4.69, 9.17) is 0 Å². The second kappa shape index (κ2) is 6.25. The van der Waals surface area contributed by atoms with Gasteiger partial charge in [-0.2, -0.15) is 0 Å². The Morgan fingerprint density at radius 1 is 0.960 bits per heavy atom. The third kappa shape index (κ3) is 4.00. The highest BCUT2D eigenvalue weighted by Crippen LogP contribution is 2.26. The minimum absolute atomic E-state index is 0.0266. The molecule has 25 heavy (non-hydrogen) atoms. The molecular weight excluding hydrogens is 357 g/mol. The molecule has 0 saturated carbocycles. The lowest BCUT2D eigenvalue weighted by Crippen LogP contribution is -2.17. The average Bonchev–Trinajstić information content (AvgIpc) is 2.54. The number of nitrogens with one attached hydrogen (secondary N) is 1. The summed E-state index contributed by atoms with van der Waals surface area (Å²) in [6, 6.07) is 12.5. The van der Waals surface area contributed by atoms with Gasteiger partial charge >= 0.3 is 6.36 Å². The number of alkyl halides is 3. The highest BCUT2D eigenvalue weighted by molar-refractivity contribution is 7.93. The first-order chi connectivity index (χ1) is 11.7. The number of benzene rings is 2. The van der Waals surface area contributed by atoms with Gasteiger partial charge in [-0.1, -0.05) is 18.2 Å². The summed E-state index contributed by atoms with van der Waals surface area (Å²) in [6.45, 7) is 0. The fourth-order valence-electron chi connectivity index (χ4n) is 2.23. The summed E-state index contributed by atoms with van der Waals surface area (Å²) in [5.41, 5.74) is 0.400. The van der Waals surface area contributed by atoms with Gasteiger partial charge in [0.15, 0.2) is 0 Å². The van der Waals surface area contributed by atoms with E-state index in [1.165, 1.54) is 24.4 Å². The Hall–Kier alpha value is -2.81. The Bertz CT molecular complexity index is 998. The molecule has 1 aromatic heterocycles. The lowest BCUT2D eigenvalue weighted by Gasteiger charge is -2.11. The summed E-state index contributed by atoms with van der Waals surface area (Å²) < 4.78 is 67.6. The molecule has 0 bridgehead atoms. The van der Waals surface area contributed by atoms with Gasteiger partial charge in [-0.25, -0.2) is 8.42 Å². The maximum atomic E-state index is 12.6. The number of hydrogen-bond acceptors (Lipinski definition) is 4. The number of fused-ring (bicyclic) bond motifs is 1. The molecule has 0 spiro atoms. The number of nitrogens with zero attached hydrogens (tertiary/aromatic N) is 1. The fourth-order valence-corrected chi connectivity index (χ4v) is 3.47. The Morgan fingerprint density at radius 3 is 2.32 bits per heavy atom. The number of aromatic nitrogens is 1. The van der Waals surface area contributed by atoms with Crippen LogP contribution in [-0.4, -0.2) is 19.8 Å². The lowest BCUT2D eigenvalue weighted by atomic mass is 10.2. The molecule has 3 aromatic rings. The van der Waals surface area contributed by atoms with Crippen molar-refractivity contribution in [2.45, 2.75) is 11.3 Å². The van der Waals surface area contributed by atoms with Crippen LogP contribution < -0.4 is 9.46 Å². The van der Waals surface area contributed by atoms with Gasteiger partial charge in [0.25, 0.3) is 10.0 Å². The second-order valence-corrected chi connectivity index (χ2v) is 6.66. The van der Waals surface area contributed by atoms with E-state index in [9.17, 15) is 21.6 Å². The zero-order chi connectivity index (χ0) is 18.1. The number of hydrogen-bond donors (Lipinski definition) is 1. The molecule has 0 aliphatic heterocycles. The molecule has 0 aliphatic carbocycles. The monoisotopic (exact) mass is 368 g/mol. The van der Waals surface area contributed by atoms with Gasteiger partial charge in [-0.15, -0.1) is 13.2 Å². The third-order valence-electron chi connectivity index (χ3n) is 3.23. The summed E-state index contributed by atoms with van der Waals surface area (Å²) in [5.74, 6) is -0.442. The molecule has 1 N–H and O–H groups in total. The van der Waals surface area contributed by atoms with Crippen LogP contribution >= 0.6 is 0 Å². The summed E-state index contributed by atoms with van der Waals surface area (Å²) in [6.07, 6.45) is -3.33. The Morgan fingerprint density at radius 2 is 1.64 bits per heavy atom. The summed E-state index contributed by atoms with van der Waals surface area (Å²) in [5, 5.41) is 0.652. The smallest absolute Gasteiger partial charge is 0.406 e. The van der Waals surface area contributed by atoms with Gasteiger partial charge in [0.2, 0.25) is 0 Å². The summed E-state index contributed by atoms with van der Waals surface area (Å²) in [4.78, 5) is 4.05. The van der Waals surface area contributed by atoms with Gasteiger partial charge in [-0.3, -0.25) is 9.71 Å². The van der Waals surface area contributed by atoms with E-state index >= 15 is 0 Å². The van der Waals surface area contributed by atoms with Crippen LogP contribution in [-0.2, 0) is 10.0 Å². The van der Waals surface area contributed by atoms with Crippen molar-refractivity contribution in [1.82, 2.24) is 4.98 Å². The van der Waals surface area contributed by atoms with Crippen molar-refractivity contribution in [3.8, 4) is 5.75 Å². The van der Waals surface area contributed by atoms with Crippen LogP contribution in [0.25, 0.3) is 10.9 Å². The molecule has 0 atom stereocenters. The SMILES string of the molecule is O=S(=O)(Nc1ccc(OC(F)(F)F)cc1)c1cccc2cccnc12. The van der Waals surface area contributed by atoms with Crippen LogP contribution in [0.2, 0.25) is 0 Å². The molecule has 0 aliphatic rings. The molecule has 2 aromatic carbocycles. The van der Waals surface area contributed by atoms with Crippen molar-refractivity contribution < 1.29 is 26.3 Å². The Balaban J connectivity index is 1.89. The van der Waals surface area contributed by atoms with E-state index in [0.29, 0.717) is 10.9 Å². The molecule has 0 fully saturated rings. The Labute approximate surface area is 141 Å². The maximum absolute atomic E-state index is 12.6. The lowest BCUT2D eigenvalue weighted by molar-refractivity contribution is -0.274. The van der Waals surface area contributed by atoms with Crippen molar-refractivity contribution in [3.05, 3.63) is 60.8 Å². The van der Waals surface area contributed by atoms with Crippen molar-refractivity contribution in [2.24, 2.45) is 0 Å². The predicted octanol–water partition coefficient (Wildman–Crippen LogP) is 3.93. The average molecular weight is 368 g/mol. The van der Waals surface area contributed by atoms with E-state index in [0.717, 1.165) is 12.1 Å². The maximum Gasteiger partial charge on any atom is 0.573 e. The standard InChI is InChI=1S/C16H11F3N2O3S/c17-16(18,19)24-13-8-6-12(7-9-13)21-25(22,23)14-5-1-3-11-4-2-10-20-15(11)14/h1-10,21H. The molecule has 5 nitrogen and oxygen atoms in total. The Kier molecular flexibility index (Phi) is 4.25. The topological polar surface area (TPSA) is 68.3 Å². The second-order valence-electron chi connectivity index (χ2n) is 5.01. The van der Waals surface area contributed by atoms with Crippen molar-refractivity contribution in [1.29, 1.82) is 0 Å². The van der Waals surface area contributed by atoms with E-state index in [1.54, 1.807) is 24.3 Å². The molecule has 3 rings (SSSR count).